The van der Waals surface area contributed by atoms with E-state index < -0.39 is 24.6 Å². The first-order valence-electron chi connectivity index (χ1n) is 9.06. The summed E-state index contributed by atoms with van der Waals surface area (Å²) < 4.78 is 58.3. The van der Waals surface area contributed by atoms with Crippen LogP contribution in [0, 0.1) is 17.1 Å². The molecular weight excluding hydrogens is 390 g/mol. The Kier molecular flexibility index (Phi) is 3.82. The summed E-state index contributed by atoms with van der Waals surface area (Å²) in [6, 6.07) is 2.98. The highest BCUT2D eigenvalue weighted by molar-refractivity contribution is 5.75. The van der Waals surface area contributed by atoms with Crippen molar-refractivity contribution < 1.29 is 17.6 Å². The molecule has 3 aromatic heterocycles. The van der Waals surface area contributed by atoms with Crippen molar-refractivity contribution in [2.75, 3.05) is 18.0 Å². The zero-order chi connectivity index (χ0) is 20.3. The van der Waals surface area contributed by atoms with Gasteiger partial charge in [-0.05, 0) is 25.1 Å². The summed E-state index contributed by atoms with van der Waals surface area (Å²) in [6.45, 7) is 0.858. The number of alkyl halides is 3. The van der Waals surface area contributed by atoms with E-state index in [-0.39, 0.29) is 23.4 Å². The summed E-state index contributed by atoms with van der Waals surface area (Å²) in [5.41, 5.74) is 2.31. The summed E-state index contributed by atoms with van der Waals surface area (Å²) in [4.78, 5) is 1.50. The lowest BCUT2D eigenvalue weighted by Gasteiger charge is -2.36. The first kappa shape index (κ1) is 17.9. The van der Waals surface area contributed by atoms with Crippen molar-refractivity contribution in [2.24, 2.45) is 0 Å². The maximum atomic E-state index is 14.5. The Balaban J connectivity index is 1.67. The topological polar surface area (TPSA) is 74.2 Å². The molecule has 1 N–H and O–H groups in total. The predicted molar refractivity (Wildman–Crippen MR) is 93.6 cm³/mol. The maximum absolute atomic E-state index is 14.5. The molecule has 0 aliphatic carbocycles. The van der Waals surface area contributed by atoms with Crippen LogP contribution in [0.25, 0.3) is 5.52 Å². The van der Waals surface area contributed by atoms with Crippen molar-refractivity contribution in [3.8, 4) is 6.07 Å². The monoisotopic (exact) mass is 405 g/mol. The summed E-state index contributed by atoms with van der Waals surface area (Å²) in [7, 11) is 0. The maximum Gasteiger partial charge on any atom is 0.412 e. The van der Waals surface area contributed by atoms with Gasteiger partial charge in [-0.1, -0.05) is 0 Å². The molecule has 2 aliphatic rings. The van der Waals surface area contributed by atoms with Crippen molar-refractivity contribution in [2.45, 2.75) is 31.7 Å². The second-order valence-corrected chi connectivity index (χ2v) is 7.15. The Labute approximate surface area is 162 Å². The van der Waals surface area contributed by atoms with Crippen molar-refractivity contribution in [3.63, 3.8) is 0 Å². The second kappa shape index (κ2) is 6.18. The first-order chi connectivity index (χ1) is 13.9. The number of fused-ring (bicyclic) bond motifs is 4. The Morgan fingerprint density at radius 2 is 2.10 bits per heavy atom. The third kappa shape index (κ3) is 2.66. The number of hydrogen-bond acceptors (Lipinski definition) is 5. The second-order valence-electron chi connectivity index (χ2n) is 7.15. The smallest absolute Gasteiger partial charge is 0.361 e. The Morgan fingerprint density at radius 1 is 1.28 bits per heavy atom. The number of nitrogens with one attached hydrogen (secondary N) is 1. The van der Waals surface area contributed by atoms with Crippen LogP contribution in [0.5, 0.6) is 0 Å². The van der Waals surface area contributed by atoms with Crippen molar-refractivity contribution in [1.29, 1.82) is 5.26 Å². The number of anilines is 1. The van der Waals surface area contributed by atoms with E-state index in [9.17, 15) is 22.8 Å². The molecule has 0 radical (unpaired) electrons. The standard InChI is InChI=1S/C18H15F4N7/c19-12-6-25-28-10(5-23)1-2-14(17(12)28)27-8-15-11-3-4-24-7-13(11)26-29(15)16(9-27)18(20,21)22/h1-2,6,16,24H,3-4,7-9H2. The van der Waals surface area contributed by atoms with Gasteiger partial charge in [0.1, 0.15) is 17.3 Å². The highest BCUT2D eigenvalue weighted by Crippen LogP contribution is 2.40. The minimum atomic E-state index is -4.52. The number of nitriles is 1. The van der Waals surface area contributed by atoms with Crippen LogP contribution in [0.2, 0.25) is 0 Å². The Hall–Kier alpha value is -3.13. The van der Waals surface area contributed by atoms with Gasteiger partial charge in [0.15, 0.2) is 11.9 Å². The molecular formula is C18H15F4N7. The summed E-state index contributed by atoms with van der Waals surface area (Å²) in [5.74, 6) is -0.689. The average molecular weight is 405 g/mol. The van der Waals surface area contributed by atoms with Crippen LogP contribution in [-0.4, -0.2) is 38.7 Å². The third-order valence-corrected chi connectivity index (χ3v) is 5.50. The molecule has 150 valence electrons. The molecule has 5 heterocycles. The van der Waals surface area contributed by atoms with Gasteiger partial charge in [0.25, 0.3) is 0 Å². The Morgan fingerprint density at radius 3 is 2.86 bits per heavy atom. The molecule has 7 nitrogen and oxygen atoms in total. The van der Waals surface area contributed by atoms with Gasteiger partial charge in [0, 0.05) is 18.7 Å². The molecule has 11 heteroatoms. The van der Waals surface area contributed by atoms with Gasteiger partial charge in [0.05, 0.1) is 29.8 Å². The largest absolute Gasteiger partial charge is 0.412 e. The molecule has 0 fully saturated rings. The molecule has 2 aliphatic heterocycles. The lowest BCUT2D eigenvalue weighted by molar-refractivity contribution is -0.170. The molecule has 5 rings (SSSR count). The van der Waals surface area contributed by atoms with Crippen molar-refractivity contribution >= 4 is 11.2 Å². The van der Waals surface area contributed by atoms with E-state index in [0.29, 0.717) is 30.9 Å². The van der Waals surface area contributed by atoms with Gasteiger partial charge < -0.3 is 10.2 Å². The van der Waals surface area contributed by atoms with Gasteiger partial charge in [-0.25, -0.2) is 8.91 Å². The van der Waals surface area contributed by atoms with E-state index in [4.69, 9.17) is 0 Å². The number of rotatable bonds is 1. The van der Waals surface area contributed by atoms with Crippen LogP contribution in [0.15, 0.2) is 18.3 Å². The fourth-order valence-corrected chi connectivity index (χ4v) is 4.18. The Bertz CT molecular complexity index is 1150. The van der Waals surface area contributed by atoms with Gasteiger partial charge in [-0.2, -0.15) is 28.6 Å². The molecule has 0 saturated heterocycles. The molecule has 0 saturated carbocycles. The fraction of sp³-hybridized carbons (Fsp3) is 0.389. The molecule has 3 aromatic rings. The summed E-state index contributed by atoms with van der Waals surface area (Å²) in [6.07, 6.45) is -2.97. The number of aromatic nitrogens is 4. The van der Waals surface area contributed by atoms with E-state index in [0.717, 1.165) is 21.0 Å². The van der Waals surface area contributed by atoms with E-state index in [1.807, 2.05) is 6.07 Å². The molecule has 0 amide bonds. The quantitative estimate of drug-likeness (QED) is 0.629. The van der Waals surface area contributed by atoms with Crippen LogP contribution in [-0.2, 0) is 19.5 Å². The normalized spacial score (nSPS) is 19.1. The number of nitrogens with zero attached hydrogens (tertiary/aromatic N) is 6. The van der Waals surface area contributed by atoms with E-state index >= 15 is 0 Å². The highest BCUT2D eigenvalue weighted by Gasteiger charge is 2.47. The average Bonchev–Trinajstić information content (AvgIpc) is 3.27. The van der Waals surface area contributed by atoms with Gasteiger partial charge in [0.2, 0.25) is 0 Å². The van der Waals surface area contributed by atoms with Crippen molar-refractivity contribution in [3.05, 3.63) is 46.8 Å². The number of halogens is 4. The SMILES string of the molecule is N#Cc1ccc(N2Cc3c4c(nn3C(C(F)(F)F)C2)CNCC4)c2c(F)cnn12. The lowest BCUT2D eigenvalue weighted by Crippen LogP contribution is -2.44. The molecule has 0 spiro atoms. The number of hydrogen-bond donors (Lipinski definition) is 1. The van der Waals surface area contributed by atoms with Gasteiger partial charge in [-0.15, -0.1) is 0 Å². The minimum absolute atomic E-state index is 0.00604. The zero-order valence-corrected chi connectivity index (χ0v) is 15.0. The van der Waals surface area contributed by atoms with Gasteiger partial charge >= 0.3 is 6.18 Å². The summed E-state index contributed by atoms with van der Waals surface area (Å²) in [5, 5.41) is 20.4. The molecule has 1 atom stereocenters. The van der Waals surface area contributed by atoms with Crippen LogP contribution < -0.4 is 10.2 Å². The fourth-order valence-electron chi connectivity index (χ4n) is 4.18. The highest BCUT2D eigenvalue weighted by atomic mass is 19.4. The van der Waals surface area contributed by atoms with Crippen LogP contribution in [0.1, 0.15) is 28.7 Å². The van der Waals surface area contributed by atoms with Crippen molar-refractivity contribution in [1.82, 2.24) is 24.7 Å². The first-order valence-corrected chi connectivity index (χ1v) is 9.06. The molecule has 0 aromatic carbocycles. The molecule has 0 bridgehead atoms. The van der Waals surface area contributed by atoms with E-state index in [2.05, 4.69) is 15.5 Å². The molecule has 29 heavy (non-hydrogen) atoms. The van der Waals surface area contributed by atoms with E-state index in [1.54, 1.807) is 0 Å². The predicted octanol–water partition coefficient (Wildman–Crippen LogP) is 2.31. The third-order valence-electron chi connectivity index (χ3n) is 5.50. The van der Waals surface area contributed by atoms with Crippen LogP contribution in [0.4, 0.5) is 23.2 Å². The van der Waals surface area contributed by atoms with Crippen LogP contribution >= 0.6 is 0 Å². The minimum Gasteiger partial charge on any atom is -0.361 e. The van der Waals surface area contributed by atoms with Crippen LogP contribution in [0.3, 0.4) is 0 Å². The van der Waals surface area contributed by atoms with Gasteiger partial charge in [-0.3, -0.25) is 4.68 Å². The number of pyridine rings is 1. The van der Waals surface area contributed by atoms with E-state index in [1.165, 1.54) is 17.0 Å². The molecule has 1 unspecified atom stereocenters. The lowest BCUT2D eigenvalue weighted by atomic mass is 10.0. The zero-order valence-electron chi connectivity index (χ0n) is 15.0. The summed E-state index contributed by atoms with van der Waals surface area (Å²) >= 11 is 0.